The van der Waals surface area contributed by atoms with Crippen LogP contribution in [0.4, 0.5) is 5.69 Å². The molecule has 4 aromatic carbocycles. The Morgan fingerprint density at radius 1 is 0.724 bits per heavy atom. The zero-order chi connectivity index (χ0) is 19.8. The van der Waals surface area contributed by atoms with Crippen LogP contribution in [-0.2, 0) is 0 Å². The van der Waals surface area contributed by atoms with Crippen LogP contribution < -0.4 is 0 Å². The zero-order valence-corrected chi connectivity index (χ0v) is 15.4. The third-order valence-electron chi connectivity index (χ3n) is 5.16. The van der Waals surface area contributed by atoms with Gasteiger partial charge in [-0.05, 0) is 46.2 Å². The smallest absolute Gasteiger partial charge is 0.258 e. The second-order valence-corrected chi connectivity index (χ2v) is 6.91. The molecule has 29 heavy (non-hydrogen) atoms. The SMILES string of the molecule is O=[N+]([O-])c1ccc(-c2cc(-c3ccccc3)c3c(ccc4ccccc43)n2)cc1. The number of non-ortho nitro benzene ring substituents is 1. The number of hydrogen-bond donors (Lipinski definition) is 0. The summed E-state index contributed by atoms with van der Waals surface area (Å²) in [5, 5.41) is 14.4. The molecule has 0 saturated heterocycles. The summed E-state index contributed by atoms with van der Waals surface area (Å²) in [6.07, 6.45) is 0. The first kappa shape index (κ1) is 17.1. The van der Waals surface area contributed by atoms with Gasteiger partial charge >= 0.3 is 0 Å². The standard InChI is InChI=1S/C25H16N2O2/c28-27(29)20-13-10-19(11-14-20)24-16-22(17-6-2-1-3-7-17)25-21-9-5-4-8-18(21)12-15-23(25)26-24/h1-16H. The zero-order valence-electron chi connectivity index (χ0n) is 15.4. The third-order valence-corrected chi connectivity index (χ3v) is 5.16. The van der Waals surface area contributed by atoms with Gasteiger partial charge in [0, 0.05) is 23.1 Å². The van der Waals surface area contributed by atoms with E-state index in [9.17, 15) is 10.1 Å². The summed E-state index contributed by atoms with van der Waals surface area (Å²) in [5.74, 6) is 0. The minimum Gasteiger partial charge on any atom is -0.258 e. The van der Waals surface area contributed by atoms with Crippen molar-refractivity contribution in [2.75, 3.05) is 0 Å². The molecular weight excluding hydrogens is 360 g/mol. The Kier molecular flexibility index (Phi) is 4.03. The van der Waals surface area contributed by atoms with Crippen LogP contribution in [0.5, 0.6) is 0 Å². The molecule has 0 unspecified atom stereocenters. The Bertz CT molecular complexity index is 1360. The number of benzene rings is 4. The highest BCUT2D eigenvalue weighted by Gasteiger charge is 2.13. The summed E-state index contributed by atoms with van der Waals surface area (Å²) >= 11 is 0. The fourth-order valence-corrected chi connectivity index (χ4v) is 3.75. The second-order valence-electron chi connectivity index (χ2n) is 6.91. The van der Waals surface area contributed by atoms with Gasteiger partial charge in [0.05, 0.1) is 16.1 Å². The van der Waals surface area contributed by atoms with Gasteiger partial charge < -0.3 is 0 Å². The van der Waals surface area contributed by atoms with Crippen molar-refractivity contribution in [3.8, 4) is 22.4 Å². The van der Waals surface area contributed by atoms with Gasteiger partial charge in [-0.2, -0.15) is 0 Å². The Morgan fingerprint density at radius 3 is 2.21 bits per heavy atom. The van der Waals surface area contributed by atoms with Crippen molar-refractivity contribution in [3.05, 3.63) is 107 Å². The van der Waals surface area contributed by atoms with Crippen LogP contribution in [0.1, 0.15) is 0 Å². The van der Waals surface area contributed by atoms with Crippen molar-refractivity contribution in [3.63, 3.8) is 0 Å². The van der Waals surface area contributed by atoms with E-state index >= 15 is 0 Å². The quantitative estimate of drug-likeness (QED) is 0.202. The molecule has 0 atom stereocenters. The highest BCUT2D eigenvalue weighted by molar-refractivity contribution is 6.13. The lowest BCUT2D eigenvalue weighted by Crippen LogP contribution is -1.92. The normalized spacial score (nSPS) is 11.0. The topological polar surface area (TPSA) is 56.0 Å². The number of rotatable bonds is 3. The van der Waals surface area contributed by atoms with Crippen molar-refractivity contribution in [1.29, 1.82) is 0 Å². The number of fused-ring (bicyclic) bond motifs is 3. The van der Waals surface area contributed by atoms with E-state index in [-0.39, 0.29) is 10.6 Å². The number of aromatic nitrogens is 1. The maximum absolute atomic E-state index is 11.0. The molecule has 0 radical (unpaired) electrons. The monoisotopic (exact) mass is 376 g/mol. The van der Waals surface area contributed by atoms with Gasteiger partial charge in [0.25, 0.3) is 5.69 Å². The second kappa shape index (κ2) is 6.84. The average molecular weight is 376 g/mol. The molecule has 0 spiro atoms. The predicted molar refractivity (Wildman–Crippen MR) is 117 cm³/mol. The van der Waals surface area contributed by atoms with Gasteiger partial charge in [-0.25, -0.2) is 4.98 Å². The minimum atomic E-state index is -0.390. The average Bonchev–Trinajstić information content (AvgIpc) is 2.78. The molecule has 0 aliphatic rings. The van der Waals surface area contributed by atoms with Crippen LogP contribution in [0.15, 0.2) is 97.1 Å². The number of nitro benzene ring substituents is 1. The third kappa shape index (κ3) is 3.01. The van der Waals surface area contributed by atoms with E-state index in [1.165, 1.54) is 17.5 Å². The Labute approximate surface area is 167 Å². The van der Waals surface area contributed by atoms with Crippen molar-refractivity contribution in [2.24, 2.45) is 0 Å². The van der Waals surface area contributed by atoms with Crippen LogP contribution in [-0.4, -0.2) is 9.91 Å². The Hall–Kier alpha value is -4.05. The molecule has 1 heterocycles. The molecule has 5 rings (SSSR count). The van der Waals surface area contributed by atoms with E-state index in [4.69, 9.17) is 4.98 Å². The van der Waals surface area contributed by atoms with Crippen LogP contribution >= 0.6 is 0 Å². The van der Waals surface area contributed by atoms with Crippen LogP contribution in [0, 0.1) is 10.1 Å². The maximum atomic E-state index is 11.0. The van der Waals surface area contributed by atoms with Gasteiger partial charge in [0.2, 0.25) is 0 Å². The van der Waals surface area contributed by atoms with E-state index in [0.717, 1.165) is 38.7 Å². The highest BCUT2D eigenvalue weighted by Crippen LogP contribution is 2.36. The highest BCUT2D eigenvalue weighted by atomic mass is 16.6. The molecule has 0 amide bonds. The van der Waals surface area contributed by atoms with Crippen LogP contribution in [0.3, 0.4) is 0 Å². The molecule has 138 valence electrons. The summed E-state index contributed by atoms with van der Waals surface area (Å²) in [6, 6.07) is 31.3. The van der Waals surface area contributed by atoms with Crippen molar-refractivity contribution in [1.82, 2.24) is 4.98 Å². The van der Waals surface area contributed by atoms with Crippen molar-refractivity contribution < 1.29 is 4.92 Å². The molecule has 0 N–H and O–H groups in total. The molecule has 0 fully saturated rings. The van der Waals surface area contributed by atoms with Gasteiger partial charge in [0.15, 0.2) is 0 Å². The number of hydrogen-bond acceptors (Lipinski definition) is 3. The van der Waals surface area contributed by atoms with Crippen molar-refractivity contribution >= 4 is 27.4 Å². The number of nitrogens with zero attached hydrogens (tertiary/aromatic N) is 2. The molecule has 1 aromatic heterocycles. The number of nitro groups is 1. The molecule has 4 nitrogen and oxygen atoms in total. The molecule has 0 saturated carbocycles. The minimum absolute atomic E-state index is 0.0730. The first-order chi connectivity index (χ1) is 14.2. The first-order valence-electron chi connectivity index (χ1n) is 9.33. The maximum Gasteiger partial charge on any atom is 0.269 e. The van der Waals surface area contributed by atoms with Crippen molar-refractivity contribution in [2.45, 2.75) is 0 Å². The van der Waals surface area contributed by atoms with E-state index in [1.54, 1.807) is 12.1 Å². The molecule has 4 heteroatoms. The van der Waals surface area contributed by atoms with E-state index < -0.39 is 0 Å². The predicted octanol–water partition coefficient (Wildman–Crippen LogP) is 6.63. The van der Waals surface area contributed by atoms with E-state index in [0.29, 0.717) is 0 Å². The van der Waals surface area contributed by atoms with Crippen LogP contribution in [0.2, 0.25) is 0 Å². The largest absolute Gasteiger partial charge is 0.269 e. The van der Waals surface area contributed by atoms with E-state index in [2.05, 4.69) is 36.4 Å². The fourth-order valence-electron chi connectivity index (χ4n) is 3.75. The molecule has 0 aliphatic heterocycles. The molecule has 0 bridgehead atoms. The Morgan fingerprint density at radius 2 is 1.45 bits per heavy atom. The summed E-state index contributed by atoms with van der Waals surface area (Å²) in [5.41, 5.74) is 4.83. The lowest BCUT2D eigenvalue weighted by molar-refractivity contribution is -0.384. The number of pyridine rings is 1. The van der Waals surface area contributed by atoms with Gasteiger partial charge in [-0.15, -0.1) is 0 Å². The lowest BCUT2D eigenvalue weighted by atomic mass is 9.94. The molecule has 0 aliphatic carbocycles. The fraction of sp³-hybridized carbons (Fsp3) is 0. The summed E-state index contributed by atoms with van der Waals surface area (Å²) < 4.78 is 0. The summed E-state index contributed by atoms with van der Waals surface area (Å²) in [4.78, 5) is 15.5. The van der Waals surface area contributed by atoms with Gasteiger partial charge in [0.1, 0.15) is 0 Å². The van der Waals surface area contributed by atoms with Gasteiger partial charge in [-0.1, -0.05) is 60.7 Å². The Balaban J connectivity index is 1.82. The molecule has 5 aromatic rings. The van der Waals surface area contributed by atoms with Crippen LogP contribution in [0.25, 0.3) is 44.1 Å². The van der Waals surface area contributed by atoms with E-state index in [1.807, 2.05) is 36.4 Å². The van der Waals surface area contributed by atoms with Gasteiger partial charge in [-0.3, -0.25) is 10.1 Å². The first-order valence-corrected chi connectivity index (χ1v) is 9.33. The summed E-state index contributed by atoms with van der Waals surface area (Å²) in [7, 11) is 0. The molecular formula is C25H16N2O2. The lowest BCUT2D eigenvalue weighted by Gasteiger charge is -2.13. The summed E-state index contributed by atoms with van der Waals surface area (Å²) in [6.45, 7) is 0.